The minimum atomic E-state index is -0.747. The lowest BCUT2D eigenvalue weighted by Gasteiger charge is -2.57. The number of carbonyl (C=O) groups excluding carboxylic acids is 1. The van der Waals surface area contributed by atoms with Gasteiger partial charge >= 0.3 is 5.97 Å². The van der Waals surface area contributed by atoms with Crippen molar-refractivity contribution in [3.05, 3.63) is 42.0 Å². The molecular weight excluding hydrogens is 364 g/mol. The summed E-state index contributed by atoms with van der Waals surface area (Å²) in [5, 5.41) is 9.09. The number of aliphatic carboxylic acids is 1. The molecule has 29 heavy (non-hydrogen) atoms. The second-order valence-corrected chi connectivity index (χ2v) is 8.82. The Bertz CT molecular complexity index is 746. The Kier molecular flexibility index (Phi) is 6.34. The van der Waals surface area contributed by atoms with Crippen LogP contribution in [0.25, 0.3) is 6.08 Å². The van der Waals surface area contributed by atoms with Crippen LogP contribution < -0.4 is 0 Å². The zero-order valence-electron chi connectivity index (χ0n) is 17.1. The fourth-order valence-electron chi connectivity index (χ4n) is 5.91. The smallest absolute Gasteiger partial charge is 0.303 e. The first-order chi connectivity index (χ1) is 14.1. The van der Waals surface area contributed by atoms with Gasteiger partial charge in [-0.15, -0.1) is 0 Å². The third kappa shape index (κ3) is 4.55. The first-order valence-electron chi connectivity index (χ1n) is 11.1. The Morgan fingerprint density at radius 1 is 1.10 bits per heavy atom. The zero-order valence-corrected chi connectivity index (χ0v) is 17.1. The van der Waals surface area contributed by atoms with E-state index in [1.807, 2.05) is 36.4 Å². The van der Waals surface area contributed by atoms with Crippen LogP contribution in [0.1, 0.15) is 50.5 Å². The van der Waals surface area contributed by atoms with E-state index >= 15 is 0 Å². The molecule has 0 bridgehead atoms. The van der Waals surface area contributed by atoms with Gasteiger partial charge in [0.1, 0.15) is 0 Å². The largest absolute Gasteiger partial charge is 0.481 e. The Balaban J connectivity index is 1.54. The van der Waals surface area contributed by atoms with Crippen molar-refractivity contribution in [3.8, 4) is 0 Å². The average Bonchev–Trinajstić information content (AvgIpc) is 2.74. The molecule has 4 atom stereocenters. The second kappa shape index (κ2) is 9.12. The van der Waals surface area contributed by atoms with Gasteiger partial charge in [0.25, 0.3) is 0 Å². The summed E-state index contributed by atoms with van der Waals surface area (Å²) in [7, 11) is 0. The SMILES string of the molecule is O=C(O)CCC[C@@H]1[C@H]2CCCN3CCC[C@@H](CN1C(=O)/C=C/c1ccccc1)[C@@H]23. The van der Waals surface area contributed by atoms with E-state index in [-0.39, 0.29) is 18.4 Å². The van der Waals surface area contributed by atoms with Crippen molar-refractivity contribution in [3.63, 3.8) is 0 Å². The first kappa shape index (κ1) is 20.1. The van der Waals surface area contributed by atoms with Crippen molar-refractivity contribution in [1.82, 2.24) is 9.80 Å². The number of amides is 1. The van der Waals surface area contributed by atoms with Crippen molar-refractivity contribution >= 4 is 18.0 Å². The topological polar surface area (TPSA) is 60.9 Å². The van der Waals surface area contributed by atoms with Crippen LogP contribution in [0.15, 0.2) is 36.4 Å². The van der Waals surface area contributed by atoms with Gasteiger partial charge in [-0.1, -0.05) is 30.3 Å². The highest BCUT2D eigenvalue weighted by molar-refractivity contribution is 5.92. The Hall–Kier alpha value is -2.14. The minimum Gasteiger partial charge on any atom is -0.481 e. The summed E-state index contributed by atoms with van der Waals surface area (Å²) in [5.41, 5.74) is 1.03. The summed E-state index contributed by atoms with van der Waals surface area (Å²) in [4.78, 5) is 29.0. The molecule has 3 heterocycles. The van der Waals surface area contributed by atoms with Gasteiger partial charge in [-0.05, 0) is 75.1 Å². The molecule has 1 amide bonds. The number of nitrogens with zero attached hydrogens (tertiary/aromatic N) is 2. The van der Waals surface area contributed by atoms with E-state index in [4.69, 9.17) is 5.11 Å². The summed E-state index contributed by atoms with van der Waals surface area (Å²) in [5.74, 6) is 0.364. The normalized spacial score (nSPS) is 29.6. The summed E-state index contributed by atoms with van der Waals surface area (Å²) >= 11 is 0. The Morgan fingerprint density at radius 3 is 2.62 bits per heavy atom. The predicted octanol–water partition coefficient (Wildman–Crippen LogP) is 3.66. The third-order valence-corrected chi connectivity index (χ3v) is 7.06. The Labute approximate surface area is 173 Å². The molecule has 1 N–H and O–H groups in total. The maximum Gasteiger partial charge on any atom is 0.303 e. The van der Waals surface area contributed by atoms with Gasteiger partial charge in [-0.2, -0.15) is 0 Å². The monoisotopic (exact) mass is 396 g/mol. The van der Waals surface area contributed by atoms with E-state index < -0.39 is 5.97 Å². The van der Waals surface area contributed by atoms with Gasteiger partial charge in [-0.3, -0.25) is 14.5 Å². The molecule has 0 aliphatic carbocycles. The van der Waals surface area contributed by atoms with Crippen LogP contribution in [0.5, 0.6) is 0 Å². The molecule has 5 heteroatoms. The van der Waals surface area contributed by atoms with Gasteiger partial charge in [0.05, 0.1) is 0 Å². The summed E-state index contributed by atoms with van der Waals surface area (Å²) < 4.78 is 0. The van der Waals surface area contributed by atoms with Crippen molar-refractivity contribution in [1.29, 1.82) is 0 Å². The van der Waals surface area contributed by atoms with Gasteiger partial charge in [0.2, 0.25) is 5.91 Å². The van der Waals surface area contributed by atoms with Crippen LogP contribution in [0, 0.1) is 11.8 Å². The van der Waals surface area contributed by atoms with Crippen LogP contribution in [-0.4, -0.2) is 58.5 Å². The molecule has 5 nitrogen and oxygen atoms in total. The third-order valence-electron chi connectivity index (χ3n) is 7.06. The number of hydrogen-bond acceptors (Lipinski definition) is 3. The molecule has 1 aromatic carbocycles. The van der Waals surface area contributed by atoms with Crippen molar-refractivity contribution < 1.29 is 14.7 Å². The Morgan fingerprint density at radius 2 is 1.86 bits per heavy atom. The zero-order chi connectivity index (χ0) is 20.2. The number of carboxylic acid groups (broad SMARTS) is 1. The number of likely N-dealkylation sites (tertiary alicyclic amines) is 1. The van der Waals surface area contributed by atoms with E-state index in [9.17, 15) is 9.59 Å². The molecule has 3 saturated heterocycles. The van der Waals surface area contributed by atoms with Gasteiger partial charge in [0.15, 0.2) is 0 Å². The number of benzene rings is 1. The number of carbonyl (C=O) groups is 2. The summed E-state index contributed by atoms with van der Waals surface area (Å²) in [6.07, 6.45) is 9.99. The van der Waals surface area contributed by atoms with Crippen LogP contribution in [0.4, 0.5) is 0 Å². The minimum absolute atomic E-state index is 0.0790. The van der Waals surface area contributed by atoms with E-state index in [0.29, 0.717) is 24.3 Å². The molecule has 3 fully saturated rings. The summed E-state index contributed by atoms with van der Waals surface area (Å²) in [6, 6.07) is 10.7. The van der Waals surface area contributed by atoms with Crippen LogP contribution in [0.2, 0.25) is 0 Å². The van der Waals surface area contributed by atoms with E-state index in [1.54, 1.807) is 6.08 Å². The molecule has 0 spiro atoms. The molecular formula is C24H32N2O3. The fraction of sp³-hybridized carbons (Fsp3) is 0.583. The number of carboxylic acids is 1. The molecule has 1 aromatic rings. The van der Waals surface area contributed by atoms with Gasteiger partial charge < -0.3 is 10.0 Å². The highest BCUT2D eigenvalue weighted by Gasteiger charge is 2.49. The maximum absolute atomic E-state index is 13.2. The number of hydrogen-bond donors (Lipinski definition) is 1. The lowest BCUT2D eigenvalue weighted by atomic mass is 9.69. The molecule has 0 unspecified atom stereocenters. The van der Waals surface area contributed by atoms with E-state index in [0.717, 1.165) is 24.9 Å². The quantitative estimate of drug-likeness (QED) is 0.746. The van der Waals surface area contributed by atoms with Crippen LogP contribution >= 0.6 is 0 Å². The second-order valence-electron chi connectivity index (χ2n) is 8.82. The van der Waals surface area contributed by atoms with E-state index in [1.165, 1.54) is 32.4 Å². The van der Waals surface area contributed by atoms with Crippen LogP contribution in [-0.2, 0) is 9.59 Å². The molecule has 3 aliphatic rings. The van der Waals surface area contributed by atoms with E-state index in [2.05, 4.69) is 9.80 Å². The maximum atomic E-state index is 13.2. The average molecular weight is 397 g/mol. The van der Waals surface area contributed by atoms with Crippen molar-refractivity contribution in [2.24, 2.45) is 11.8 Å². The molecule has 0 radical (unpaired) electrons. The highest BCUT2D eigenvalue weighted by atomic mass is 16.4. The first-order valence-corrected chi connectivity index (χ1v) is 11.1. The fourth-order valence-corrected chi connectivity index (χ4v) is 5.91. The van der Waals surface area contributed by atoms with Crippen molar-refractivity contribution in [2.75, 3.05) is 19.6 Å². The number of rotatable bonds is 6. The molecule has 4 rings (SSSR count). The predicted molar refractivity (Wildman–Crippen MR) is 113 cm³/mol. The van der Waals surface area contributed by atoms with Crippen molar-refractivity contribution in [2.45, 2.75) is 57.0 Å². The molecule has 3 aliphatic heterocycles. The molecule has 156 valence electrons. The lowest BCUT2D eigenvalue weighted by Crippen LogP contribution is -2.65. The highest BCUT2D eigenvalue weighted by Crippen LogP contribution is 2.43. The van der Waals surface area contributed by atoms with Gasteiger partial charge in [-0.25, -0.2) is 0 Å². The van der Waals surface area contributed by atoms with Crippen LogP contribution in [0.3, 0.4) is 0 Å². The standard InChI is InChI=1S/C24H32N2O3/c27-22(14-13-18-7-2-1-3-8-18)26-17-19-9-5-15-25-16-6-10-20(24(19)25)21(26)11-4-12-23(28)29/h1-3,7-8,13-14,19-21,24H,4-6,9-12,15-17H2,(H,28,29)/b14-13+/t19-,20+,21+,24-/m0/s1. The summed E-state index contributed by atoms with van der Waals surface area (Å²) in [6.45, 7) is 3.18. The van der Waals surface area contributed by atoms with Gasteiger partial charge in [0, 0.05) is 31.1 Å². The lowest BCUT2D eigenvalue weighted by molar-refractivity contribution is -0.141. The molecule has 0 aromatic heterocycles. The molecule has 0 saturated carbocycles. The number of piperidine rings is 3.